The fourth-order valence-electron chi connectivity index (χ4n) is 1.47. The number of benzene rings is 1. The van der Waals surface area contributed by atoms with Crippen LogP contribution in [0.2, 0.25) is 0 Å². The quantitative estimate of drug-likeness (QED) is 0.639. The Hall–Kier alpha value is -2.67. The Kier molecular flexibility index (Phi) is 2.84. The number of nitriles is 1. The Morgan fingerprint density at radius 1 is 1.24 bits per heavy atom. The van der Waals surface area contributed by atoms with Crippen LogP contribution in [0.15, 0.2) is 36.5 Å². The minimum Gasteiger partial charge on any atom is -0.358 e. The van der Waals surface area contributed by atoms with Crippen LogP contribution in [-0.2, 0) is 0 Å². The Morgan fingerprint density at radius 2 is 1.94 bits per heavy atom. The molecule has 1 aromatic carbocycles. The molecule has 0 atom stereocenters. The lowest BCUT2D eigenvalue weighted by molar-refractivity contribution is 0.103. The zero-order chi connectivity index (χ0) is 12.3. The van der Waals surface area contributed by atoms with Crippen molar-refractivity contribution >= 4 is 12.1 Å². The molecule has 0 radical (unpaired) electrons. The summed E-state index contributed by atoms with van der Waals surface area (Å²) in [6.07, 6.45) is 2.14. The molecule has 0 saturated carbocycles. The molecule has 0 fully saturated rings. The van der Waals surface area contributed by atoms with Gasteiger partial charge in [-0.15, -0.1) is 0 Å². The number of rotatable bonds is 3. The lowest BCUT2D eigenvalue weighted by Crippen LogP contribution is -1.99. The number of H-pyrrole nitrogens is 1. The number of carbonyl (C=O) groups is 2. The van der Waals surface area contributed by atoms with E-state index in [1.165, 1.54) is 12.3 Å². The maximum absolute atomic E-state index is 12.0. The highest BCUT2D eigenvalue weighted by molar-refractivity contribution is 6.09. The van der Waals surface area contributed by atoms with Crippen molar-refractivity contribution in [3.8, 4) is 6.07 Å². The first-order chi connectivity index (χ1) is 8.24. The Morgan fingerprint density at radius 3 is 2.47 bits per heavy atom. The summed E-state index contributed by atoms with van der Waals surface area (Å²) in [6, 6.07) is 9.83. The van der Waals surface area contributed by atoms with Gasteiger partial charge in [0, 0.05) is 17.3 Å². The van der Waals surface area contributed by atoms with E-state index >= 15 is 0 Å². The summed E-state index contributed by atoms with van der Waals surface area (Å²) in [6.45, 7) is 0. The van der Waals surface area contributed by atoms with Crippen LogP contribution >= 0.6 is 0 Å². The fraction of sp³-hybridized carbons (Fsp3) is 0. The zero-order valence-corrected chi connectivity index (χ0v) is 8.81. The van der Waals surface area contributed by atoms with Crippen molar-refractivity contribution in [3.05, 3.63) is 58.9 Å². The number of aldehydes is 1. The SMILES string of the molecule is N#Cc1ccc(C(=O)c2c[nH]c(C=O)c2)cc1. The summed E-state index contributed by atoms with van der Waals surface area (Å²) < 4.78 is 0. The third-order valence-corrected chi connectivity index (χ3v) is 2.37. The third kappa shape index (κ3) is 2.13. The number of hydrogen-bond acceptors (Lipinski definition) is 3. The lowest BCUT2D eigenvalue weighted by atomic mass is 10.0. The minimum atomic E-state index is -0.182. The van der Waals surface area contributed by atoms with Gasteiger partial charge < -0.3 is 4.98 Å². The summed E-state index contributed by atoms with van der Waals surface area (Å²) in [5.74, 6) is -0.182. The molecule has 0 aliphatic carbocycles. The van der Waals surface area contributed by atoms with Crippen molar-refractivity contribution in [1.82, 2.24) is 4.98 Å². The highest BCUT2D eigenvalue weighted by Gasteiger charge is 2.10. The summed E-state index contributed by atoms with van der Waals surface area (Å²) in [5, 5.41) is 8.64. The molecule has 1 aromatic heterocycles. The molecule has 0 bridgehead atoms. The van der Waals surface area contributed by atoms with Crippen molar-refractivity contribution in [3.63, 3.8) is 0 Å². The number of ketones is 1. The Labute approximate surface area is 97.5 Å². The van der Waals surface area contributed by atoms with Gasteiger partial charge in [-0.2, -0.15) is 5.26 Å². The Balaban J connectivity index is 2.30. The first kappa shape index (κ1) is 10.8. The van der Waals surface area contributed by atoms with Crippen molar-refractivity contribution in [1.29, 1.82) is 5.26 Å². The maximum Gasteiger partial charge on any atom is 0.194 e. The summed E-state index contributed by atoms with van der Waals surface area (Å²) in [4.78, 5) is 25.1. The number of nitrogens with zero attached hydrogens (tertiary/aromatic N) is 1. The molecule has 2 aromatic rings. The molecule has 0 spiro atoms. The largest absolute Gasteiger partial charge is 0.358 e. The molecule has 0 aliphatic heterocycles. The van der Waals surface area contributed by atoms with Gasteiger partial charge in [0.05, 0.1) is 17.3 Å². The molecule has 17 heavy (non-hydrogen) atoms. The van der Waals surface area contributed by atoms with Crippen LogP contribution < -0.4 is 0 Å². The second-order valence-corrected chi connectivity index (χ2v) is 3.48. The number of carbonyl (C=O) groups excluding carboxylic acids is 2. The first-order valence-electron chi connectivity index (χ1n) is 4.93. The molecular formula is C13H8N2O2. The summed E-state index contributed by atoms with van der Waals surface area (Å²) >= 11 is 0. The predicted molar refractivity (Wildman–Crippen MR) is 60.8 cm³/mol. The van der Waals surface area contributed by atoms with Crippen LogP contribution in [0.4, 0.5) is 0 Å². The van der Waals surface area contributed by atoms with Gasteiger partial charge in [-0.05, 0) is 30.3 Å². The molecule has 82 valence electrons. The van der Waals surface area contributed by atoms with E-state index in [1.807, 2.05) is 6.07 Å². The standard InChI is InChI=1S/C13H8N2O2/c14-6-9-1-3-10(4-2-9)13(17)11-5-12(8-16)15-7-11/h1-5,7-8,15H. The smallest absolute Gasteiger partial charge is 0.194 e. The molecule has 1 N–H and O–H groups in total. The Bertz CT molecular complexity index is 603. The van der Waals surface area contributed by atoms with Crippen molar-refractivity contribution in [2.45, 2.75) is 0 Å². The van der Waals surface area contributed by atoms with E-state index in [1.54, 1.807) is 24.3 Å². The molecular weight excluding hydrogens is 216 g/mol. The van der Waals surface area contributed by atoms with Crippen molar-refractivity contribution in [2.75, 3.05) is 0 Å². The normalized spacial score (nSPS) is 9.59. The van der Waals surface area contributed by atoms with Gasteiger partial charge in [0.2, 0.25) is 0 Å². The van der Waals surface area contributed by atoms with E-state index in [0.29, 0.717) is 28.7 Å². The van der Waals surface area contributed by atoms with Gasteiger partial charge in [-0.1, -0.05) is 0 Å². The van der Waals surface area contributed by atoms with Gasteiger partial charge in [-0.3, -0.25) is 9.59 Å². The van der Waals surface area contributed by atoms with E-state index in [0.717, 1.165) is 0 Å². The third-order valence-electron chi connectivity index (χ3n) is 2.37. The second kappa shape index (κ2) is 4.45. The molecule has 0 aliphatic rings. The summed E-state index contributed by atoms with van der Waals surface area (Å²) in [5.41, 5.74) is 1.78. The topological polar surface area (TPSA) is 73.7 Å². The number of nitrogens with one attached hydrogen (secondary N) is 1. The average Bonchev–Trinajstić information content (AvgIpc) is 2.87. The van der Waals surface area contributed by atoms with E-state index < -0.39 is 0 Å². The molecule has 0 amide bonds. The summed E-state index contributed by atoms with van der Waals surface area (Å²) in [7, 11) is 0. The van der Waals surface area contributed by atoms with Gasteiger partial charge in [0.1, 0.15) is 0 Å². The molecule has 2 rings (SSSR count). The average molecular weight is 224 g/mol. The fourth-order valence-corrected chi connectivity index (χ4v) is 1.47. The maximum atomic E-state index is 12.0. The van der Waals surface area contributed by atoms with Gasteiger partial charge in [0.25, 0.3) is 0 Å². The minimum absolute atomic E-state index is 0.182. The van der Waals surface area contributed by atoms with Crippen LogP contribution in [-0.4, -0.2) is 17.1 Å². The van der Waals surface area contributed by atoms with Crippen molar-refractivity contribution < 1.29 is 9.59 Å². The zero-order valence-electron chi connectivity index (χ0n) is 8.81. The van der Waals surface area contributed by atoms with Crippen LogP contribution in [0.25, 0.3) is 0 Å². The molecule has 0 unspecified atom stereocenters. The highest BCUT2D eigenvalue weighted by atomic mass is 16.1. The number of hydrogen-bond donors (Lipinski definition) is 1. The van der Waals surface area contributed by atoms with Crippen LogP contribution in [0, 0.1) is 11.3 Å². The van der Waals surface area contributed by atoms with Crippen molar-refractivity contribution in [2.24, 2.45) is 0 Å². The molecule has 4 heteroatoms. The van der Waals surface area contributed by atoms with Crippen LogP contribution in [0.3, 0.4) is 0 Å². The molecule has 4 nitrogen and oxygen atoms in total. The van der Waals surface area contributed by atoms with E-state index in [9.17, 15) is 9.59 Å². The molecule has 1 heterocycles. The second-order valence-electron chi connectivity index (χ2n) is 3.48. The van der Waals surface area contributed by atoms with Crippen LogP contribution in [0.1, 0.15) is 32.0 Å². The highest BCUT2D eigenvalue weighted by Crippen LogP contribution is 2.11. The number of aromatic amines is 1. The van der Waals surface area contributed by atoms with E-state index in [4.69, 9.17) is 5.26 Å². The molecule has 0 saturated heterocycles. The van der Waals surface area contributed by atoms with Gasteiger partial charge in [-0.25, -0.2) is 0 Å². The first-order valence-corrected chi connectivity index (χ1v) is 4.93. The van der Waals surface area contributed by atoms with E-state index in [-0.39, 0.29) is 5.78 Å². The predicted octanol–water partition coefficient (Wildman–Crippen LogP) is 1.93. The van der Waals surface area contributed by atoms with E-state index in [2.05, 4.69) is 4.98 Å². The van der Waals surface area contributed by atoms with Crippen LogP contribution in [0.5, 0.6) is 0 Å². The number of aromatic nitrogens is 1. The monoisotopic (exact) mass is 224 g/mol. The lowest BCUT2D eigenvalue weighted by Gasteiger charge is -1.97. The van der Waals surface area contributed by atoms with Gasteiger partial charge >= 0.3 is 0 Å². The van der Waals surface area contributed by atoms with Gasteiger partial charge in [0.15, 0.2) is 12.1 Å².